The van der Waals surface area contributed by atoms with Crippen LogP contribution in [0.2, 0.25) is 0 Å². The highest BCUT2D eigenvalue weighted by molar-refractivity contribution is 5.85. The summed E-state index contributed by atoms with van der Waals surface area (Å²) < 4.78 is 6.04. The lowest BCUT2D eigenvalue weighted by atomic mass is 9.81. The molecule has 1 fully saturated rings. The minimum absolute atomic E-state index is 0. The van der Waals surface area contributed by atoms with Crippen LogP contribution in [0.3, 0.4) is 0 Å². The predicted molar refractivity (Wildman–Crippen MR) is 114 cm³/mol. The van der Waals surface area contributed by atoms with E-state index in [1.165, 1.54) is 5.56 Å². The molecule has 5 heteroatoms. The maximum absolute atomic E-state index is 6.04. The van der Waals surface area contributed by atoms with E-state index in [-0.39, 0.29) is 30.2 Å². The first kappa shape index (κ1) is 22.8. The van der Waals surface area contributed by atoms with E-state index in [1.807, 2.05) is 36.4 Å². The van der Waals surface area contributed by atoms with Crippen molar-refractivity contribution in [3.63, 3.8) is 0 Å². The Kier molecular flexibility index (Phi) is 8.91. The second-order valence-corrected chi connectivity index (χ2v) is 7.54. The van der Waals surface area contributed by atoms with E-state index >= 15 is 0 Å². The maximum Gasteiger partial charge on any atom is 0.127 e. The van der Waals surface area contributed by atoms with Gasteiger partial charge >= 0.3 is 0 Å². The van der Waals surface area contributed by atoms with Gasteiger partial charge in [0.1, 0.15) is 11.5 Å². The Morgan fingerprint density at radius 1 is 0.885 bits per heavy atom. The van der Waals surface area contributed by atoms with E-state index in [0.717, 1.165) is 37.7 Å². The molecule has 0 amide bonds. The lowest BCUT2D eigenvalue weighted by Crippen LogP contribution is -2.48. The topological polar surface area (TPSA) is 24.5 Å². The number of piperazine rings is 1. The molecule has 1 heterocycles. The SMILES string of the molecule is CC(C)(C)[C@@H](c1cccc(Oc2ccccc2)c1)N1CCNCC1.Cl.Cl. The number of ether oxygens (including phenoxy) is 1. The normalized spacial score (nSPS) is 16.1. The van der Waals surface area contributed by atoms with Crippen molar-refractivity contribution in [3.05, 3.63) is 60.2 Å². The Morgan fingerprint density at radius 3 is 2.12 bits per heavy atom. The van der Waals surface area contributed by atoms with Crippen LogP contribution in [-0.4, -0.2) is 31.1 Å². The molecule has 0 unspecified atom stereocenters. The van der Waals surface area contributed by atoms with Gasteiger partial charge in [-0.05, 0) is 35.2 Å². The van der Waals surface area contributed by atoms with Gasteiger partial charge in [-0.2, -0.15) is 0 Å². The van der Waals surface area contributed by atoms with E-state index in [0.29, 0.717) is 6.04 Å². The molecule has 1 N–H and O–H groups in total. The van der Waals surface area contributed by atoms with Gasteiger partial charge in [-0.3, -0.25) is 4.90 Å². The van der Waals surface area contributed by atoms with Crippen LogP contribution < -0.4 is 10.1 Å². The van der Waals surface area contributed by atoms with Gasteiger partial charge in [-0.1, -0.05) is 51.1 Å². The summed E-state index contributed by atoms with van der Waals surface area (Å²) in [5, 5.41) is 3.45. The maximum atomic E-state index is 6.04. The monoisotopic (exact) mass is 396 g/mol. The molecule has 0 aromatic heterocycles. The molecular formula is C21H30Cl2N2O. The number of halogens is 2. The summed E-state index contributed by atoms with van der Waals surface area (Å²) in [4.78, 5) is 2.60. The van der Waals surface area contributed by atoms with Crippen LogP contribution >= 0.6 is 24.8 Å². The first-order chi connectivity index (χ1) is 11.5. The zero-order valence-electron chi connectivity index (χ0n) is 15.8. The van der Waals surface area contributed by atoms with Crippen molar-refractivity contribution < 1.29 is 4.74 Å². The summed E-state index contributed by atoms with van der Waals surface area (Å²) in [6.45, 7) is 11.3. The van der Waals surface area contributed by atoms with E-state index in [4.69, 9.17) is 4.74 Å². The van der Waals surface area contributed by atoms with Crippen molar-refractivity contribution in [3.8, 4) is 11.5 Å². The predicted octanol–water partition coefficient (Wildman–Crippen LogP) is 5.31. The Morgan fingerprint density at radius 2 is 1.50 bits per heavy atom. The van der Waals surface area contributed by atoms with Gasteiger partial charge in [0.05, 0.1) is 0 Å². The summed E-state index contributed by atoms with van der Waals surface area (Å²) in [6.07, 6.45) is 0. The van der Waals surface area contributed by atoms with Crippen LogP contribution in [0.1, 0.15) is 32.4 Å². The molecule has 0 saturated carbocycles. The Labute approximate surface area is 169 Å². The van der Waals surface area contributed by atoms with Crippen LogP contribution in [0.5, 0.6) is 11.5 Å². The molecule has 1 aliphatic heterocycles. The molecule has 0 bridgehead atoms. The second kappa shape index (κ2) is 10.2. The average Bonchev–Trinajstić information content (AvgIpc) is 2.56. The van der Waals surface area contributed by atoms with E-state index in [2.05, 4.69) is 49.2 Å². The van der Waals surface area contributed by atoms with E-state index < -0.39 is 0 Å². The highest BCUT2D eigenvalue weighted by atomic mass is 35.5. The van der Waals surface area contributed by atoms with Crippen molar-refractivity contribution in [2.24, 2.45) is 5.41 Å². The standard InChI is InChI=1S/C21H28N2O.2ClH/c1-21(2,3)20(23-14-12-22-13-15-23)17-8-7-11-19(16-17)24-18-9-5-4-6-10-18;;/h4-11,16,20,22H,12-15H2,1-3H3;2*1H/t20-;;/m1../s1. The lowest BCUT2D eigenvalue weighted by molar-refractivity contribution is 0.0861. The van der Waals surface area contributed by atoms with Crippen molar-refractivity contribution in [2.75, 3.05) is 26.2 Å². The molecule has 3 rings (SSSR count). The zero-order chi connectivity index (χ0) is 17.0. The number of hydrogen-bond donors (Lipinski definition) is 1. The lowest BCUT2D eigenvalue weighted by Gasteiger charge is -2.42. The van der Waals surface area contributed by atoms with Crippen molar-refractivity contribution in [1.29, 1.82) is 0 Å². The van der Waals surface area contributed by atoms with Crippen LogP contribution in [0.25, 0.3) is 0 Å². The first-order valence-electron chi connectivity index (χ1n) is 8.82. The van der Waals surface area contributed by atoms with Gasteiger partial charge in [0.25, 0.3) is 0 Å². The fraction of sp³-hybridized carbons (Fsp3) is 0.429. The molecule has 1 aliphatic rings. The zero-order valence-corrected chi connectivity index (χ0v) is 17.4. The van der Waals surface area contributed by atoms with Crippen LogP contribution in [0, 0.1) is 5.41 Å². The molecule has 2 aromatic carbocycles. The van der Waals surface area contributed by atoms with Crippen LogP contribution in [0.15, 0.2) is 54.6 Å². The van der Waals surface area contributed by atoms with Gasteiger partial charge in [-0.15, -0.1) is 24.8 Å². The third-order valence-electron chi connectivity index (χ3n) is 4.49. The van der Waals surface area contributed by atoms with Gasteiger partial charge in [0, 0.05) is 32.2 Å². The molecule has 0 spiro atoms. The fourth-order valence-corrected chi connectivity index (χ4v) is 3.57. The van der Waals surface area contributed by atoms with Crippen LogP contribution in [-0.2, 0) is 0 Å². The number of nitrogens with one attached hydrogen (secondary N) is 1. The third-order valence-corrected chi connectivity index (χ3v) is 4.49. The van der Waals surface area contributed by atoms with Crippen molar-refractivity contribution in [1.82, 2.24) is 10.2 Å². The summed E-state index contributed by atoms with van der Waals surface area (Å²) in [5.41, 5.74) is 1.50. The summed E-state index contributed by atoms with van der Waals surface area (Å²) >= 11 is 0. The van der Waals surface area contributed by atoms with Crippen molar-refractivity contribution >= 4 is 24.8 Å². The second-order valence-electron chi connectivity index (χ2n) is 7.54. The fourth-order valence-electron chi connectivity index (χ4n) is 3.57. The number of rotatable bonds is 4. The molecule has 0 aliphatic carbocycles. The van der Waals surface area contributed by atoms with Crippen molar-refractivity contribution in [2.45, 2.75) is 26.8 Å². The molecule has 144 valence electrons. The van der Waals surface area contributed by atoms with E-state index in [9.17, 15) is 0 Å². The molecule has 3 nitrogen and oxygen atoms in total. The summed E-state index contributed by atoms with van der Waals surface area (Å²) in [7, 11) is 0. The summed E-state index contributed by atoms with van der Waals surface area (Å²) in [5.74, 6) is 1.78. The number of nitrogens with zero attached hydrogens (tertiary/aromatic N) is 1. The van der Waals surface area contributed by atoms with Crippen LogP contribution in [0.4, 0.5) is 0 Å². The minimum Gasteiger partial charge on any atom is -0.457 e. The molecule has 2 aromatic rings. The molecular weight excluding hydrogens is 367 g/mol. The molecule has 1 atom stereocenters. The van der Waals surface area contributed by atoms with Gasteiger partial charge in [-0.25, -0.2) is 0 Å². The van der Waals surface area contributed by atoms with Gasteiger partial charge in [0.15, 0.2) is 0 Å². The third kappa shape index (κ3) is 5.88. The minimum atomic E-state index is 0. The smallest absolute Gasteiger partial charge is 0.127 e. The number of benzene rings is 2. The number of hydrogen-bond acceptors (Lipinski definition) is 3. The van der Waals surface area contributed by atoms with E-state index in [1.54, 1.807) is 0 Å². The highest BCUT2D eigenvalue weighted by Gasteiger charge is 2.32. The Bertz CT molecular complexity index is 653. The largest absolute Gasteiger partial charge is 0.457 e. The molecule has 26 heavy (non-hydrogen) atoms. The number of para-hydroxylation sites is 1. The Hall–Kier alpha value is -1.26. The van der Waals surface area contributed by atoms with Gasteiger partial charge in [0.2, 0.25) is 0 Å². The molecule has 0 radical (unpaired) electrons. The average molecular weight is 397 g/mol. The highest BCUT2D eigenvalue weighted by Crippen LogP contribution is 2.39. The quantitative estimate of drug-likeness (QED) is 0.756. The first-order valence-corrected chi connectivity index (χ1v) is 8.82. The summed E-state index contributed by atoms with van der Waals surface area (Å²) in [6, 6.07) is 18.9. The van der Waals surface area contributed by atoms with Gasteiger partial charge < -0.3 is 10.1 Å². The molecule has 1 saturated heterocycles. The Balaban J connectivity index is 0.00000169.